The maximum Gasteiger partial charge on any atom is 0.326 e. The zero-order chi connectivity index (χ0) is 14.6. The van der Waals surface area contributed by atoms with Gasteiger partial charge in [0.25, 0.3) is 0 Å². The van der Waals surface area contributed by atoms with E-state index < -0.39 is 41.2 Å². The van der Waals surface area contributed by atoms with E-state index >= 15 is 0 Å². The third-order valence-corrected chi connectivity index (χ3v) is 2.27. The first-order valence-electron chi connectivity index (χ1n) is 5.30. The molecule has 0 saturated carbocycles. The Morgan fingerprint density at radius 2 is 1.79 bits per heavy atom. The van der Waals surface area contributed by atoms with E-state index in [9.17, 15) is 22.8 Å². The van der Waals surface area contributed by atoms with Gasteiger partial charge in [-0.25, -0.2) is 22.8 Å². The van der Waals surface area contributed by atoms with Crippen molar-refractivity contribution >= 4 is 17.7 Å². The lowest BCUT2D eigenvalue weighted by Gasteiger charge is -2.13. The molecule has 0 aromatic heterocycles. The van der Waals surface area contributed by atoms with Crippen LogP contribution in [0.3, 0.4) is 0 Å². The van der Waals surface area contributed by atoms with Crippen molar-refractivity contribution in [3.63, 3.8) is 0 Å². The molecule has 0 aliphatic rings. The highest BCUT2D eigenvalue weighted by Crippen LogP contribution is 2.18. The van der Waals surface area contributed by atoms with Gasteiger partial charge in [-0.3, -0.25) is 0 Å². The molecule has 0 bridgehead atoms. The van der Waals surface area contributed by atoms with E-state index in [0.29, 0.717) is 6.07 Å². The molecule has 0 fully saturated rings. The molecule has 1 aromatic rings. The Balaban J connectivity index is 2.77. The summed E-state index contributed by atoms with van der Waals surface area (Å²) < 4.78 is 38.7. The maximum atomic E-state index is 13.2. The summed E-state index contributed by atoms with van der Waals surface area (Å²) in [5, 5.41) is 12.6. The smallest absolute Gasteiger partial charge is 0.326 e. The van der Waals surface area contributed by atoms with E-state index in [1.165, 1.54) is 6.92 Å². The summed E-state index contributed by atoms with van der Waals surface area (Å²) in [6, 6.07) is -1.45. The largest absolute Gasteiger partial charge is 0.480 e. The van der Waals surface area contributed by atoms with E-state index in [0.717, 1.165) is 0 Å². The van der Waals surface area contributed by atoms with Crippen molar-refractivity contribution in [1.82, 2.24) is 5.32 Å². The Hall–Kier alpha value is -2.25. The first kappa shape index (κ1) is 14.8. The molecule has 0 spiro atoms. The van der Waals surface area contributed by atoms with Gasteiger partial charge in [0.2, 0.25) is 0 Å². The van der Waals surface area contributed by atoms with Crippen molar-refractivity contribution in [3.05, 3.63) is 29.6 Å². The van der Waals surface area contributed by atoms with Crippen LogP contribution in [-0.2, 0) is 4.79 Å². The molecule has 3 N–H and O–H groups in total. The quantitative estimate of drug-likeness (QED) is 0.737. The highest BCUT2D eigenvalue weighted by molar-refractivity contribution is 5.92. The maximum absolute atomic E-state index is 13.2. The fourth-order valence-corrected chi connectivity index (χ4v) is 1.27. The predicted octanol–water partition coefficient (Wildman–Crippen LogP) is 2.09. The summed E-state index contributed by atoms with van der Waals surface area (Å²) in [4.78, 5) is 22.0. The number of anilines is 1. The molecular weight excluding hydrogens is 265 g/mol. The minimum Gasteiger partial charge on any atom is -0.480 e. The van der Waals surface area contributed by atoms with Gasteiger partial charge in [0.1, 0.15) is 11.9 Å². The molecule has 5 nitrogen and oxygen atoms in total. The number of amides is 2. The number of hydrogen-bond donors (Lipinski definition) is 3. The van der Waals surface area contributed by atoms with Gasteiger partial charge in [0, 0.05) is 12.1 Å². The molecule has 8 heteroatoms. The second kappa shape index (κ2) is 6.07. The van der Waals surface area contributed by atoms with Crippen LogP contribution in [0.15, 0.2) is 12.1 Å². The van der Waals surface area contributed by atoms with E-state index in [4.69, 9.17) is 5.11 Å². The van der Waals surface area contributed by atoms with E-state index in [-0.39, 0.29) is 12.5 Å². The van der Waals surface area contributed by atoms with Crippen LogP contribution in [0.5, 0.6) is 0 Å². The number of nitrogens with one attached hydrogen (secondary N) is 2. The van der Waals surface area contributed by atoms with Crippen LogP contribution in [-0.4, -0.2) is 23.1 Å². The lowest BCUT2D eigenvalue weighted by atomic mass is 10.2. The van der Waals surface area contributed by atoms with Crippen LogP contribution in [0.1, 0.15) is 13.3 Å². The van der Waals surface area contributed by atoms with Crippen molar-refractivity contribution in [3.8, 4) is 0 Å². The van der Waals surface area contributed by atoms with Crippen molar-refractivity contribution in [2.45, 2.75) is 19.4 Å². The van der Waals surface area contributed by atoms with Gasteiger partial charge in [-0.2, -0.15) is 0 Å². The first-order valence-corrected chi connectivity index (χ1v) is 5.30. The molecule has 1 atom stereocenters. The average molecular weight is 276 g/mol. The zero-order valence-electron chi connectivity index (χ0n) is 9.84. The molecule has 0 aliphatic carbocycles. The lowest BCUT2D eigenvalue weighted by molar-refractivity contribution is -0.139. The predicted molar refractivity (Wildman–Crippen MR) is 60.2 cm³/mol. The highest BCUT2D eigenvalue weighted by Gasteiger charge is 2.19. The Morgan fingerprint density at radius 3 is 2.32 bits per heavy atom. The van der Waals surface area contributed by atoms with Gasteiger partial charge in [-0.15, -0.1) is 0 Å². The summed E-state index contributed by atoms with van der Waals surface area (Å²) >= 11 is 0. The third-order valence-electron chi connectivity index (χ3n) is 2.27. The molecule has 0 saturated heterocycles. The molecular formula is C11H11F3N2O3. The molecule has 0 heterocycles. The topological polar surface area (TPSA) is 78.4 Å². The average Bonchev–Trinajstić information content (AvgIpc) is 2.32. The Kier molecular flexibility index (Phi) is 4.74. The third kappa shape index (κ3) is 3.87. The number of carbonyl (C=O) groups is 2. The van der Waals surface area contributed by atoms with Gasteiger partial charge in [0.15, 0.2) is 11.6 Å². The first-order chi connectivity index (χ1) is 8.85. The summed E-state index contributed by atoms with van der Waals surface area (Å²) in [5.74, 6) is -5.15. The second-order valence-corrected chi connectivity index (χ2v) is 3.64. The van der Waals surface area contributed by atoms with Gasteiger partial charge < -0.3 is 15.7 Å². The van der Waals surface area contributed by atoms with Crippen LogP contribution in [0, 0.1) is 17.5 Å². The number of urea groups is 1. The summed E-state index contributed by atoms with van der Waals surface area (Å²) in [7, 11) is 0. The SMILES string of the molecule is CCC(NC(=O)Nc1cc(F)c(F)cc1F)C(=O)O. The van der Waals surface area contributed by atoms with Gasteiger partial charge in [-0.05, 0) is 6.42 Å². The molecule has 1 rings (SSSR count). The zero-order valence-corrected chi connectivity index (χ0v) is 9.84. The number of carboxylic acids is 1. The Morgan fingerprint density at radius 1 is 1.21 bits per heavy atom. The van der Waals surface area contributed by atoms with E-state index in [1.807, 2.05) is 10.6 Å². The van der Waals surface area contributed by atoms with E-state index in [1.54, 1.807) is 0 Å². The summed E-state index contributed by atoms with van der Waals surface area (Å²) in [6.07, 6.45) is 0.114. The molecule has 0 aliphatic heterocycles. The number of benzene rings is 1. The minimum absolute atomic E-state index is 0.114. The number of carboxylic acid groups (broad SMARTS) is 1. The summed E-state index contributed by atoms with van der Waals surface area (Å²) in [6.45, 7) is 1.53. The van der Waals surface area contributed by atoms with E-state index in [2.05, 4.69) is 0 Å². The highest BCUT2D eigenvalue weighted by atomic mass is 19.2. The number of carbonyl (C=O) groups excluding carboxylic acids is 1. The molecule has 104 valence electrons. The van der Waals surface area contributed by atoms with Crippen molar-refractivity contribution in [2.75, 3.05) is 5.32 Å². The number of rotatable bonds is 4. The lowest BCUT2D eigenvalue weighted by Crippen LogP contribution is -2.42. The van der Waals surface area contributed by atoms with Crippen LogP contribution in [0.2, 0.25) is 0 Å². The Bertz CT molecular complexity index is 508. The fraction of sp³-hybridized carbons (Fsp3) is 0.273. The monoisotopic (exact) mass is 276 g/mol. The normalized spacial score (nSPS) is 11.8. The van der Waals surface area contributed by atoms with Gasteiger partial charge in [0.05, 0.1) is 5.69 Å². The number of halogens is 3. The van der Waals surface area contributed by atoms with Crippen LogP contribution in [0.25, 0.3) is 0 Å². The standard InChI is InChI=1S/C11H11F3N2O3/c1-2-8(10(17)18)15-11(19)16-9-4-6(13)5(12)3-7(9)14/h3-4,8H,2H2,1H3,(H,17,18)(H2,15,16,19). The molecule has 1 unspecified atom stereocenters. The molecule has 19 heavy (non-hydrogen) atoms. The fourth-order valence-electron chi connectivity index (χ4n) is 1.27. The van der Waals surface area contributed by atoms with Crippen LogP contribution in [0.4, 0.5) is 23.7 Å². The van der Waals surface area contributed by atoms with Crippen LogP contribution < -0.4 is 10.6 Å². The molecule has 2 amide bonds. The number of hydrogen-bond acceptors (Lipinski definition) is 2. The molecule has 1 aromatic carbocycles. The minimum atomic E-state index is -1.39. The summed E-state index contributed by atoms with van der Waals surface area (Å²) in [5.41, 5.74) is -0.586. The van der Waals surface area contributed by atoms with Gasteiger partial charge >= 0.3 is 12.0 Å². The van der Waals surface area contributed by atoms with Gasteiger partial charge in [-0.1, -0.05) is 6.92 Å². The number of aliphatic carboxylic acids is 1. The van der Waals surface area contributed by atoms with Crippen molar-refractivity contribution in [2.24, 2.45) is 0 Å². The Labute approximate surface area is 106 Å². The second-order valence-electron chi connectivity index (χ2n) is 3.64. The van der Waals surface area contributed by atoms with Crippen LogP contribution >= 0.6 is 0 Å². The van der Waals surface area contributed by atoms with Crippen molar-refractivity contribution < 1.29 is 27.9 Å². The molecule has 0 radical (unpaired) electrons. The van der Waals surface area contributed by atoms with Crippen molar-refractivity contribution in [1.29, 1.82) is 0 Å².